The molecule has 2 aromatic carbocycles. The molecule has 2 aromatic rings. The number of fused-ring (bicyclic) bond motifs is 1. The van der Waals surface area contributed by atoms with Crippen molar-refractivity contribution in [2.75, 3.05) is 0 Å². The van der Waals surface area contributed by atoms with Gasteiger partial charge in [-0.25, -0.2) is 4.89 Å². The lowest BCUT2D eigenvalue weighted by molar-refractivity contribution is -0.252. The Hall–Kier alpha value is -1.38. The summed E-state index contributed by atoms with van der Waals surface area (Å²) in [6, 6.07) is 14.0. The zero-order valence-electron chi connectivity index (χ0n) is 7.10. The molecule has 2 heteroatoms. The van der Waals surface area contributed by atoms with Crippen molar-refractivity contribution in [3.05, 3.63) is 48.0 Å². The van der Waals surface area contributed by atoms with Crippen LogP contribution < -0.4 is 0 Å². The summed E-state index contributed by atoms with van der Waals surface area (Å²) in [5.41, 5.74) is 1.00. The number of benzene rings is 2. The van der Waals surface area contributed by atoms with Crippen molar-refractivity contribution in [2.24, 2.45) is 0 Å². The highest BCUT2D eigenvalue weighted by Gasteiger charge is 1.98. The smallest absolute Gasteiger partial charge is 0.108 e. The third kappa shape index (κ3) is 1.54. The highest BCUT2D eigenvalue weighted by atomic mass is 17.1. The van der Waals surface area contributed by atoms with Gasteiger partial charge >= 0.3 is 0 Å². The SMILES string of the molecule is OOCc1cccc2ccccc12. The molecule has 0 saturated carbocycles. The summed E-state index contributed by atoms with van der Waals surface area (Å²) in [6.45, 7) is 0.237. The zero-order valence-corrected chi connectivity index (χ0v) is 7.10. The molecule has 1 N–H and O–H groups in total. The normalized spacial score (nSPS) is 10.5. The molecule has 0 amide bonds. The second-order valence-electron chi connectivity index (χ2n) is 2.91. The first-order valence-corrected chi connectivity index (χ1v) is 4.15. The predicted octanol–water partition coefficient (Wildman–Crippen LogP) is 2.83. The van der Waals surface area contributed by atoms with Crippen molar-refractivity contribution in [2.45, 2.75) is 6.61 Å². The molecule has 0 radical (unpaired) electrons. The number of rotatable bonds is 2. The zero-order chi connectivity index (χ0) is 9.10. The Morgan fingerprint density at radius 3 is 2.62 bits per heavy atom. The molecule has 2 rings (SSSR count). The van der Waals surface area contributed by atoms with E-state index in [4.69, 9.17) is 5.26 Å². The summed E-state index contributed by atoms with van der Waals surface area (Å²) < 4.78 is 0. The van der Waals surface area contributed by atoms with E-state index in [1.54, 1.807) is 0 Å². The number of hydrogen-bond donors (Lipinski definition) is 1. The molecule has 13 heavy (non-hydrogen) atoms. The average molecular weight is 174 g/mol. The van der Waals surface area contributed by atoms with E-state index < -0.39 is 0 Å². The molecule has 0 aliphatic heterocycles. The maximum absolute atomic E-state index is 8.38. The molecule has 0 fully saturated rings. The van der Waals surface area contributed by atoms with Gasteiger partial charge in [-0.2, -0.15) is 0 Å². The maximum Gasteiger partial charge on any atom is 0.108 e. The quantitative estimate of drug-likeness (QED) is 0.560. The Labute approximate surface area is 76.3 Å². The van der Waals surface area contributed by atoms with Gasteiger partial charge in [0.15, 0.2) is 0 Å². The molecule has 66 valence electrons. The standard InChI is InChI=1S/C11H10O2/c12-13-8-10-6-3-5-9-4-1-2-7-11(9)10/h1-7,12H,8H2. The lowest BCUT2D eigenvalue weighted by atomic mass is 10.1. The van der Waals surface area contributed by atoms with E-state index in [-0.39, 0.29) is 6.61 Å². The van der Waals surface area contributed by atoms with Gasteiger partial charge in [-0.15, -0.1) is 0 Å². The van der Waals surface area contributed by atoms with Crippen LogP contribution in [0.4, 0.5) is 0 Å². The molecule has 2 nitrogen and oxygen atoms in total. The molecule has 0 atom stereocenters. The van der Waals surface area contributed by atoms with Crippen LogP contribution in [0.2, 0.25) is 0 Å². The highest BCUT2D eigenvalue weighted by Crippen LogP contribution is 2.18. The summed E-state index contributed by atoms with van der Waals surface area (Å²) >= 11 is 0. The first-order valence-electron chi connectivity index (χ1n) is 4.15. The molecule has 0 aromatic heterocycles. The van der Waals surface area contributed by atoms with Gasteiger partial charge in [0.05, 0.1) is 0 Å². The van der Waals surface area contributed by atoms with Gasteiger partial charge in [0, 0.05) is 0 Å². The van der Waals surface area contributed by atoms with Crippen LogP contribution in [-0.2, 0) is 11.5 Å². The molecule has 0 heterocycles. The summed E-state index contributed by atoms with van der Waals surface area (Å²) in [5, 5.41) is 10.7. The molecule has 0 spiro atoms. The van der Waals surface area contributed by atoms with Crippen LogP contribution in [0.5, 0.6) is 0 Å². The fourth-order valence-electron chi connectivity index (χ4n) is 1.49. The Bertz CT molecular complexity index is 404. The van der Waals surface area contributed by atoms with E-state index in [1.807, 2.05) is 42.5 Å². The first-order chi connectivity index (χ1) is 6.42. The van der Waals surface area contributed by atoms with Crippen LogP contribution >= 0.6 is 0 Å². The van der Waals surface area contributed by atoms with Crippen LogP contribution in [0.1, 0.15) is 5.56 Å². The van der Waals surface area contributed by atoms with Gasteiger partial charge in [-0.3, -0.25) is 5.26 Å². The Balaban J connectivity index is 2.61. The summed E-state index contributed by atoms with van der Waals surface area (Å²) in [7, 11) is 0. The van der Waals surface area contributed by atoms with Gasteiger partial charge in [0.2, 0.25) is 0 Å². The van der Waals surface area contributed by atoms with Crippen LogP contribution in [-0.4, -0.2) is 5.26 Å². The van der Waals surface area contributed by atoms with E-state index in [9.17, 15) is 0 Å². The summed E-state index contributed by atoms with van der Waals surface area (Å²) in [6.07, 6.45) is 0. The Morgan fingerprint density at radius 1 is 1.00 bits per heavy atom. The minimum absolute atomic E-state index is 0.237. The lowest BCUT2D eigenvalue weighted by Crippen LogP contribution is -1.88. The van der Waals surface area contributed by atoms with Crippen molar-refractivity contribution in [3.8, 4) is 0 Å². The largest absolute Gasteiger partial charge is 0.251 e. The van der Waals surface area contributed by atoms with Gasteiger partial charge < -0.3 is 0 Å². The van der Waals surface area contributed by atoms with Crippen LogP contribution in [0.25, 0.3) is 10.8 Å². The van der Waals surface area contributed by atoms with Crippen molar-refractivity contribution in [3.63, 3.8) is 0 Å². The monoisotopic (exact) mass is 174 g/mol. The van der Waals surface area contributed by atoms with Crippen LogP contribution in [0.3, 0.4) is 0 Å². The number of hydrogen-bond acceptors (Lipinski definition) is 2. The minimum Gasteiger partial charge on any atom is -0.251 e. The Kier molecular flexibility index (Phi) is 2.25. The topological polar surface area (TPSA) is 29.5 Å². The minimum atomic E-state index is 0.237. The average Bonchev–Trinajstić information content (AvgIpc) is 2.19. The van der Waals surface area contributed by atoms with Crippen molar-refractivity contribution < 1.29 is 10.1 Å². The fourth-order valence-corrected chi connectivity index (χ4v) is 1.49. The molecule has 0 aliphatic rings. The molecule has 0 unspecified atom stereocenters. The molecule has 0 aliphatic carbocycles. The summed E-state index contributed by atoms with van der Waals surface area (Å²) in [4.78, 5) is 4.14. The molecule has 0 bridgehead atoms. The van der Waals surface area contributed by atoms with Gasteiger partial charge in [-0.1, -0.05) is 42.5 Å². The van der Waals surface area contributed by atoms with Crippen LogP contribution in [0.15, 0.2) is 42.5 Å². The molecule has 0 saturated heterocycles. The third-order valence-corrected chi connectivity index (χ3v) is 2.10. The lowest BCUT2D eigenvalue weighted by Gasteiger charge is -2.03. The predicted molar refractivity (Wildman–Crippen MR) is 51.4 cm³/mol. The van der Waals surface area contributed by atoms with Crippen molar-refractivity contribution in [1.82, 2.24) is 0 Å². The van der Waals surface area contributed by atoms with Gasteiger partial charge in [0.25, 0.3) is 0 Å². The van der Waals surface area contributed by atoms with Crippen LogP contribution in [0, 0.1) is 0 Å². The van der Waals surface area contributed by atoms with Crippen molar-refractivity contribution >= 4 is 10.8 Å². The van der Waals surface area contributed by atoms with E-state index in [1.165, 1.54) is 0 Å². The van der Waals surface area contributed by atoms with E-state index in [2.05, 4.69) is 4.89 Å². The second kappa shape index (κ2) is 3.56. The van der Waals surface area contributed by atoms with Gasteiger partial charge in [0.1, 0.15) is 6.61 Å². The van der Waals surface area contributed by atoms with E-state index >= 15 is 0 Å². The summed E-state index contributed by atoms with van der Waals surface area (Å²) in [5.74, 6) is 0. The van der Waals surface area contributed by atoms with E-state index in [0.29, 0.717) is 0 Å². The van der Waals surface area contributed by atoms with Gasteiger partial charge in [-0.05, 0) is 16.3 Å². The second-order valence-corrected chi connectivity index (χ2v) is 2.91. The fraction of sp³-hybridized carbons (Fsp3) is 0.0909. The van der Waals surface area contributed by atoms with E-state index in [0.717, 1.165) is 16.3 Å². The highest BCUT2D eigenvalue weighted by molar-refractivity contribution is 5.85. The maximum atomic E-state index is 8.38. The molecular formula is C11H10O2. The third-order valence-electron chi connectivity index (χ3n) is 2.10. The van der Waals surface area contributed by atoms with Crippen molar-refractivity contribution in [1.29, 1.82) is 0 Å². The Morgan fingerprint density at radius 2 is 1.77 bits per heavy atom. The molecular weight excluding hydrogens is 164 g/mol. The first kappa shape index (κ1) is 8.23.